The fourth-order valence-corrected chi connectivity index (χ4v) is 19.5. The van der Waals surface area contributed by atoms with E-state index in [1.165, 1.54) is 20.7 Å². The van der Waals surface area contributed by atoms with Crippen molar-refractivity contribution in [2.75, 3.05) is 65.3 Å². The molecule has 0 unspecified atom stereocenters. The zero-order valence-corrected chi connectivity index (χ0v) is 43.5. The number of anilines is 1. The highest BCUT2D eigenvalue weighted by atomic mass is 28.4. The maximum atomic E-state index is 14.3. The van der Waals surface area contributed by atoms with E-state index in [-0.39, 0.29) is 15.9 Å². The fraction of sp³-hybridized carbons (Fsp3) is 0.351. The smallest absolute Gasteiger partial charge is 0.261 e. The van der Waals surface area contributed by atoms with Crippen molar-refractivity contribution < 1.29 is 13.6 Å². The largest absolute Gasteiger partial charge is 0.406 e. The first kappa shape index (κ1) is 48.9. The van der Waals surface area contributed by atoms with E-state index in [0.29, 0.717) is 24.3 Å². The quantitative estimate of drug-likeness (QED) is 0.0566. The fourth-order valence-electron chi connectivity index (χ4n) is 10.4. The highest BCUT2D eigenvalue weighted by Gasteiger charge is 2.51. The first-order chi connectivity index (χ1) is 32.8. The molecule has 0 aliphatic heterocycles. The molecule has 0 saturated heterocycles. The molecule has 9 nitrogen and oxygen atoms in total. The Morgan fingerprint density at radius 2 is 1.10 bits per heavy atom. The van der Waals surface area contributed by atoms with Gasteiger partial charge in [-0.3, -0.25) is 19.4 Å². The van der Waals surface area contributed by atoms with Gasteiger partial charge in [0.2, 0.25) is 0 Å². The normalized spacial score (nSPS) is 13.1. The average Bonchev–Trinajstić information content (AvgIpc) is 3.71. The molecule has 1 aliphatic carbocycles. The lowest BCUT2D eigenvalue weighted by molar-refractivity contribution is 0.104. The molecule has 7 aromatic rings. The zero-order valence-electron chi connectivity index (χ0n) is 41.5. The monoisotopic (exact) mass is 943 g/mol. The Labute approximate surface area is 406 Å². The highest BCUT2D eigenvalue weighted by Crippen LogP contribution is 2.42. The van der Waals surface area contributed by atoms with Crippen LogP contribution < -0.4 is 26.1 Å². The number of aromatic nitrogens is 3. The molecule has 2 aromatic heterocycles. The van der Waals surface area contributed by atoms with E-state index in [1.54, 1.807) is 12.4 Å². The Morgan fingerprint density at radius 1 is 0.603 bits per heavy atom. The molecular formula is C57H70N6O3Si2. The molecule has 68 heavy (non-hydrogen) atoms. The maximum absolute atomic E-state index is 14.3. The van der Waals surface area contributed by atoms with Crippen molar-refractivity contribution in [1.29, 1.82) is 0 Å². The summed E-state index contributed by atoms with van der Waals surface area (Å²) in [6.07, 6.45) is 5.35. The number of ketones is 1. The molecule has 1 N–H and O–H groups in total. The number of hydrogen-bond donors (Lipinski definition) is 1. The summed E-state index contributed by atoms with van der Waals surface area (Å²) in [5.41, 5.74) is 4.81. The number of fused-ring (bicyclic) bond motifs is 2. The Bertz CT molecular complexity index is 2570. The van der Waals surface area contributed by atoms with Crippen molar-refractivity contribution in [3.63, 3.8) is 0 Å². The third kappa shape index (κ3) is 9.83. The molecular weight excluding hydrogens is 873 g/mol. The van der Waals surface area contributed by atoms with Crippen molar-refractivity contribution in [3.8, 4) is 11.3 Å². The molecule has 0 spiro atoms. The third-order valence-corrected chi connectivity index (χ3v) is 23.8. The van der Waals surface area contributed by atoms with Gasteiger partial charge >= 0.3 is 0 Å². The molecule has 0 saturated carbocycles. The van der Waals surface area contributed by atoms with E-state index in [0.717, 1.165) is 80.0 Å². The SMILES string of the molecule is CN(C)CCn1nc2c3c(c(NCCCCN(CCO[Si](c4ccccc4)(c4ccccc4)C(C)(C)C)CCO[Si](c4ccccc4)(c4ccccc4)C(C)(C)C)ccc31)C(=O)c1ccncc1-2. The Hall–Kier alpha value is -5.54. The summed E-state index contributed by atoms with van der Waals surface area (Å²) in [7, 11) is -1.34. The van der Waals surface area contributed by atoms with Gasteiger partial charge < -0.3 is 19.1 Å². The van der Waals surface area contributed by atoms with Crippen molar-refractivity contribution in [1.82, 2.24) is 24.6 Å². The van der Waals surface area contributed by atoms with Crippen LogP contribution >= 0.6 is 0 Å². The van der Waals surface area contributed by atoms with Gasteiger partial charge in [0.05, 0.1) is 17.6 Å². The standard InChI is InChI=1S/C57H70N6O3Si2/c1-56(2,3)67(44-23-13-9-14-24-44,45-25-15-10-16-26-45)65-41-39-62(40-42-66-68(57(4,5)6,46-27-17-11-18-28-46)47-29-19-12-20-30-47)36-22-21-34-59-50-31-32-51-53-52(50)55(64)48-33-35-58-43-49(48)54(53)60-63(51)38-37-61(7)8/h9-20,23-33,35,43,59H,21-22,34,36-42H2,1-8H3. The molecule has 0 fully saturated rings. The van der Waals surface area contributed by atoms with Crippen LogP contribution in [0.2, 0.25) is 10.1 Å². The van der Waals surface area contributed by atoms with Gasteiger partial charge in [0.15, 0.2) is 5.78 Å². The second-order valence-corrected chi connectivity index (χ2v) is 29.1. The predicted octanol–water partition coefficient (Wildman–Crippen LogP) is 8.85. The van der Waals surface area contributed by atoms with E-state index >= 15 is 0 Å². The van der Waals surface area contributed by atoms with Gasteiger partial charge in [0.25, 0.3) is 16.6 Å². The number of carbonyl (C=O) groups is 1. The highest BCUT2D eigenvalue weighted by molar-refractivity contribution is 7.00. The minimum absolute atomic E-state index is 0.0168. The van der Waals surface area contributed by atoms with Crippen LogP contribution in [0, 0.1) is 0 Å². The Morgan fingerprint density at radius 3 is 1.57 bits per heavy atom. The maximum Gasteiger partial charge on any atom is 0.261 e. The molecule has 11 heteroatoms. The van der Waals surface area contributed by atoms with Crippen LogP contribution in [0.25, 0.3) is 22.2 Å². The second kappa shape index (κ2) is 21.0. The zero-order chi connectivity index (χ0) is 47.9. The summed E-state index contributed by atoms with van der Waals surface area (Å²) in [4.78, 5) is 23.3. The van der Waals surface area contributed by atoms with Crippen LogP contribution in [0.4, 0.5) is 5.69 Å². The van der Waals surface area contributed by atoms with Crippen molar-refractivity contribution in [2.45, 2.75) is 71.0 Å². The lowest BCUT2D eigenvalue weighted by atomic mass is 9.87. The summed E-state index contributed by atoms with van der Waals surface area (Å²) in [6.45, 7) is 20.0. The first-order valence-electron chi connectivity index (χ1n) is 24.4. The lowest BCUT2D eigenvalue weighted by Gasteiger charge is -2.44. The molecule has 1 aliphatic rings. The van der Waals surface area contributed by atoms with Gasteiger partial charge in [-0.05, 0) is 82.5 Å². The molecule has 0 radical (unpaired) electrons. The molecule has 0 bridgehead atoms. The topological polar surface area (TPSA) is 84.8 Å². The van der Waals surface area contributed by atoms with Crippen LogP contribution in [-0.4, -0.2) is 107 Å². The van der Waals surface area contributed by atoms with Crippen LogP contribution in [0.5, 0.6) is 0 Å². The number of likely N-dealkylation sites (N-methyl/N-ethyl adjacent to an activating group) is 1. The van der Waals surface area contributed by atoms with Gasteiger partial charge in [-0.1, -0.05) is 163 Å². The predicted molar refractivity (Wildman–Crippen MR) is 286 cm³/mol. The molecule has 2 heterocycles. The number of benzene rings is 5. The van der Waals surface area contributed by atoms with Gasteiger partial charge in [-0.15, -0.1) is 0 Å². The van der Waals surface area contributed by atoms with Crippen molar-refractivity contribution in [2.24, 2.45) is 0 Å². The molecule has 5 aromatic carbocycles. The van der Waals surface area contributed by atoms with E-state index in [2.05, 4.69) is 209 Å². The Kier molecular flexibility index (Phi) is 15.1. The third-order valence-electron chi connectivity index (χ3n) is 13.7. The van der Waals surface area contributed by atoms with Crippen molar-refractivity contribution >= 4 is 59.8 Å². The van der Waals surface area contributed by atoms with Crippen LogP contribution in [0.1, 0.15) is 70.3 Å². The minimum Gasteiger partial charge on any atom is -0.406 e. The number of carbonyl (C=O) groups excluding carboxylic acids is 1. The average molecular weight is 943 g/mol. The van der Waals surface area contributed by atoms with Crippen LogP contribution in [0.15, 0.2) is 152 Å². The first-order valence-corrected chi connectivity index (χ1v) is 28.2. The molecule has 0 atom stereocenters. The van der Waals surface area contributed by atoms with E-state index in [9.17, 15) is 4.79 Å². The summed E-state index contributed by atoms with van der Waals surface area (Å²) in [5, 5.41) is 14.6. The van der Waals surface area contributed by atoms with Gasteiger partial charge in [-0.2, -0.15) is 5.10 Å². The number of hydrogen-bond acceptors (Lipinski definition) is 8. The number of unbranched alkanes of at least 4 members (excludes halogenated alkanes) is 1. The molecule has 8 rings (SSSR count). The minimum atomic E-state index is -2.74. The van der Waals surface area contributed by atoms with Gasteiger partial charge in [0.1, 0.15) is 5.69 Å². The Balaban J connectivity index is 1.03. The van der Waals surface area contributed by atoms with E-state index < -0.39 is 16.6 Å². The number of pyridine rings is 1. The van der Waals surface area contributed by atoms with Crippen molar-refractivity contribution in [3.05, 3.63) is 163 Å². The number of nitrogens with zero attached hydrogens (tertiary/aromatic N) is 5. The number of rotatable bonds is 21. The van der Waals surface area contributed by atoms with Crippen LogP contribution in [-0.2, 0) is 15.4 Å². The summed E-state index contributed by atoms with van der Waals surface area (Å²) in [6, 6.07) is 49.7. The summed E-state index contributed by atoms with van der Waals surface area (Å²) >= 11 is 0. The number of nitrogens with one attached hydrogen (secondary N) is 1. The molecule has 354 valence electrons. The lowest BCUT2D eigenvalue weighted by Crippen LogP contribution is -2.67. The van der Waals surface area contributed by atoms with E-state index in [1.807, 2.05) is 10.7 Å². The summed E-state index contributed by atoms with van der Waals surface area (Å²) < 4.78 is 17.0. The summed E-state index contributed by atoms with van der Waals surface area (Å²) in [5.74, 6) is 0.0168. The van der Waals surface area contributed by atoms with Gasteiger partial charge in [0, 0.05) is 74.0 Å². The molecule has 0 amide bonds. The van der Waals surface area contributed by atoms with Crippen LogP contribution in [0.3, 0.4) is 0 Å². The van der Waals surface area contributed by atoms with Gasteiger partial charge in [-0.25, -0.2) is 0 Å². The van der Waals surface area contributed by atoms with E-state index in [4.69, 9.17) is 14.0 Å². The second-order valence-electron chi connectivity index (χ2n) is 20.5.